The van der Waals surface area contributed by atoms with Crippen molar-refractivity contribution in [1.29, 1.82) is 0 Å². The Morgan fingerprint density at radius 2 is 1.90 bits per heavy atom. The molecule has 154 valence electrons. The third-order valence-corrected chi connectivity index (χ3v) is 6.55. The molecular formula is C23H25N5O2. The van der Waals surface area contributed by atoms with Crippen LogP contribution in [0.1, 0.15) is 41.6 Å². The summed E-state index contributed by atoms with van der Waals surface area (Å²) < 4.78 is 2.00. The zero-order chi connectivity index (χ0) is 20.6. The second-order valence-electron chi connectivity index (χ2n) is 8.49. The normalized spacial score (nSPS) is 18.5. The van der Waals surface area contributed by atoms with Crippen molar-refractivity contribution in [2.45, 2.75) is 32.2 Å². The molecule has 0 aliphatic carbocycles. The van der Waals surface area contributed by atoms with E-state index < -0.39 is 0 Å². The fourth-order valence-electron chi connectivity index (χ4n) is 4.60. The molecule has 0 unspecified atom stereocenters. The summed E-state index contributed by atoms with van der Waals surface area (Å²) in [5, 5.41) is 3.00. The maximum Gasteiger partial charge on any atom is 0.255 e. The summed E-state index contributed by atoms with van der Waals surface area (Å²) in [6.07, 6.45) is 6.83. The molecule has 0 bridgehead atoms. The molecule has 5 rings (SSSR count). The molecule has 2 saturated heterocycles. The van der Waals surface area contributed by atoms with Gasteiger partial charge in [-0.05, 0) is 36.3 Å². The van der Waals surface area contributed by atoms with Gasteiger partial charge in [-0.3, -0.25) is 9.59 Å². The number of carbonyl (C=O) groups is 2. The first-order valence-corrected chi connectivity index (χ1v) is 10.5. The predicted molar refractivity (Wildman–Crippen MR) is 113 cm³/mol. The van der Waals surface area contributed by atoms with Crippen molar-refractivity contribution in [3.05, 3.63) is 60.0 Å². The van der Waals surface area contributed by atoms with Crippen LogP contribution in [0.25, 0.3) is 11.2 Å². The Morgan fingerprint density at radius 3 is 2.63 bits per heavy atom. The van der Waals surface area contributed by atoms with Gasteiger partial charge in [0.2, 0.25) is 5.91 Å². The lowest BCUT2D eigenvalue weighted by atomic mass is 9.73. The van der Waals surface area contributed by atoms with Gasteiger partial charge in [-0.25, -0.2) is 9.97 Å². The zero-order valence-electron chi connectivity index (χ0n) is 16.9. The number of carbonyl (C=O) groups excluding carboxylic acids is 2. The number of amides is 2. The molecule has 7 nitrogen and oxygen atoms in total. The summed E-state index contributed by atoms with van der Waals surface area (Å²) in [6, 6.07) is 12.0. The Morgan fingerprint density at radius 1 is 1.10 bits per heavy atom. The number of likely N-dealkylation sites (tertiary alicyclic amines) is 1. The number of piperidine rings is 2. The molecule has 1 spiro atoms. The van der Waals surface area contributed by atoms with Crippen molar-refractivity contribution in [2.75, 3.05) is 19.6 Å². The smallest absolute Gasteiger partial charge is 0.255 e. The summed E-state index contributed by atoms with van der Waals surface area (Å²) in [6.45, 7) is 2.87. The van der Waals surface area contributed by atoms with Gasteiger partial charge < -0.3 is 14.8 Å². The van der Waals surface area contributed by atoms with Gasteiger partial charge in [0.05, 0.1) is 18.4 Å². The van der Waals surface area contributed by atoms with Crippen molar-refractivity contribution < 1.29 is 9.59 Å². The summed E-state index contributed by atoms with van der Waals surface area (Å²) in [5.41, 5.74) is 3.44. The lowest BCUT2D eigenvalue weighted by molar-refractivity contribution is -0.125. The van der Waals surface area contributed by atoms with Crippen molar-refractivity contribution in [1.82, 2.24) is 24.8 Å². The Hall–Kier alpha value is -3.22. The number of pyridine rings is 1. The van der Waals surface area contributed by atoms with Gasteiger partial charge in [0.25, 0.3) is 5.91 Å². The molecule has 2 aliphatic heterocycles. The minimum absolute atomic E-state index is 0.0108. The third-order valence-electron chi connectivity index (χ3n) is 6.55. The van der Waals surface area contributed by atoms with Gasteiger partial charge in [-0.15, -0.1) is 0 Å². The topological polar surface area (TPSA) is 80.1 Å². The molecule has 0 radical (unpaired) electrons. The zero-order valence-corrected chi connectivity index (χ0v) is 16.9. The highest BCUT2D eigenvalue weighted by molar-refractivity contribution is 5.96. The molecular weight excluding hydrogens is 378 g/mol. The fraction of sp³-hybridized carbons (Fsp3) is 0.391. The highest BCUT2D eigenvalue weighted by atomic mass is 16.2. The van der Waals surface area contributed by atoms with Gasteiger partial charge in [-0.1, -0.05) is 30.3 Å². The van der Waals surface area contributed by atoms with E-state index in [0.29, 0.717) is 18.5 Å². The van der Waals surface area contributed by atoms with Gasteiger partial charge in [0.1, 0.15) is 5.52 Å². The number of hydrogen-bond donors (Lipinski definition) is 1. The third kappa shape index (κ3) is 3.56. The largest absolute Gasteiger partial charge is 0.356 e. The minimum atomic E-state index is 0.0108. The van der Waals surface area contributed by atoms with E-state index in [-0.39, 0.29) is 17.2 Å². The van der Waals surface area contributed by atoms with Gasteiger partial charge in [0, 0.05) is 32.3 Å². The molecule has 1 aromatic carbocycles. The second-order valence-corrected chi connectivity index (χ2v) is 8.49. The Labute approximate surface area is 175 Å². The lowest BCUT2D eigenvalue weighted by Gasteiger charge is -2.44. The number of imidazole rings is 1. The molecule has 30 heavy (non-hydrogen) atoms. The van der Waals surface area contributed by atoms with E-state index in [0.717, 1.165) is 50.1 Å². The fourth-order valence-corrected chi connectivity index (χ4v) is 4.60. The van der Waals surface area contributed by atoms with E-state index in [4.69, 9.17) is 0 Å². The average molecular weight is 403 g/mol. The lowest BCUT2D eigenvalue weighted by Crippen LogP contribution is -2.50. The van der Waals surface area contributed by atoms with Gasteiger partial charge >= 0.3 is 0 Å². The van der Waals surface area contributed by atoms with Crippen molar-refractivity contribution in [3.8, 4) is 0 Å². The number of nitrogens with one attached hydrogen (secondary N) is 1. The number of aromatic nitrogens is 3. The Kier molecular flexibility index (Phi) is 4.73. The quantitative estimate of drug-likeness (QED) is 0.729. The van der Waals surface area contributed by atoms with E-state index >= 15 is 0 Å². The maximum atomic E-state index is 13.0. The molecule has 2 amide bonds. The highest BCUT2D eigenvalue weighted by Crippen LogP contribution is 2.37. The first-order chi connectivity index (χ1) is 14.6. The van der Waals surface area contributed by atoms with E-state index in [9.17, 15) is 9.59 Å². The molecule has 2 aromatic heterocycles. The van der Waals surface area contributed by atoms with Crippen LogP contribution in [0.15, 0.2) is 48.9 Å². The van der Waals surface area contributed by atoms with Gasteiger partial charge in [0.15, 0.2) is 5.65 Å². The Balaban J connectivity index is 1.28. The van der Waals surface area contributed by atoms with Crippen molar-refractivity contribution in [3.63, 3.8) is 0 Å². The predicted octanol–water partition coefficient (Wildman–Crippen LogP) is 2.61. The van der Waals surface area contributed by atoms with Crippen LogP contribution >= 0.6 is 0 Å². The van der Waals surface area contributed by atoms with E-state index in [1.807, 2.05) is 33.7 Å². The van der Waals surface area contributed by atoms with E-state index in [2.05, 4.69) is 27.4 Å². The van der Waals surface area contributed by atoms with Crippen LogP contribution in [-0.4, -0.2) is 50.9 Å². The first-order valence-electron chi connectivity index (χ1n) is 10.5. The average Bonchev–Trinajstić information content (AvgIpc) is 3.19. The minimum Gasteiger partial charge on any atom is -0.356 e. The van der Waals surface area contributed by atoms with Crippen molar-refractivity contribution >= 4 is 23.0 Å². The summed E-state index contributed by atoms with van der Waals surface area (Å²) in [7, 11) is 0. The monoisotopic (exact) mass is 403 g/mol. The molecule has 0 saturated carbocycles. The number of benzene rings is 1. The highest BCUT2D eigenvalue weighted by Gasteiger charge is 2.38. The van der Waals surface area contributed by atoms with Crippen LogP contribution in [-0.2, 0) is 11.3 Å². The molecule has 3 aromatic rings. The SMILES string of the molecule is O=C1CCC2(CCN(C(=O)c3cnc4c(c3)ncn4Cc3ccccc3)CC2)CN1. The van der Waals surface area contributed by atoms with Gasteiger partial charge in [-0.2, -0.15) is 0 Å². The van der Waals surface area contributed by atoms with Crippen LogP contribution < -0.4 is 5.32 Å². The Bertz CT molecular complexity index is 1070. The summed E-state index contributed by atoms with van der Waals surface area (Å²) in [5.74, 6) is 0.155. The van der Waals surface area contributed by atoms with Crippen LogP contribution in [0.3, 0.4) is 0 Å². The summed E-state index contributed by atoms with van der Waals surface area (Å²) >= 11 is 0. The standard InChI is InChI=1S/C23H25N5O2/c29-20-6-7-23(15-25-20)8-10-27(11-9-23)22(30)18-12-19-21(24-13-18)28(16-26-19)14-17-4-2-1-3-5-17/h1-5,12-13,16H,6-11,14-15H2,(H,25,29). The molecule has 2 fully saturated rings. The van der Waals surface area contributed by atoms with E-state index in [1.165, 1.54) is 5.56 Å². The molecule has 2 aliphatic rings. The number of fused-ring (bicyclic) bond motifs is 1. The molecule has 1 N–H and O–H groups in total. The van der Waals surface area contributed by atoms with Crippen LogP contribution in [0.4, 0.5) is 0 Å². The van der Waals surface area contributed by atoms with Crippen LogP contribution in [0, 0.1) is 5.41 Å². The number of rotatable bonds is 3. The molecule has 0 atom stereocenters. The number of nitrogens with zero attached hydrogens (tertiary/aromatic N) is 4. The van der Waals surface area contributed by atoms with Crippen LogP contribution in [0.2, 0.25) is 0 Å². The summed E-state index contributed by atoms with van der Waals surface area (Å²) in [4.78, 5) is 35.4. The maximum absolute atomic E-state index is 13.0. The van der Waals surface area contributed by atoms with E-state index in [1.54, 1.807) is 12.5 Å². The number of hydrogen-bond acceptors (Lipinski definition) is 4. The second kappa shape index (κ2) is 7.55. The molecule has 4 heterocycles. The van der Waals surface area contributed by atoms with Crippen molar-refractivity contribution in [2.24, 2.45) is 5.41 Å². The first kappa shape index (κ1) is 18.8. The van der Waals surface area contributed by atoms with Crippen LogP contribution in [0.5, 0.6) is 0 Å². The molecule has 7 heteroatoms.